The maximum atomic E-state index is 12.9. The van der Waals surface area contributed by atoms with E-state index in [0.717, 1.165) is 6.07 Å². The van der Waals surface area contributed by atoms with Crippen molar-refractivity contribution >= 4 is 5.91 Å². The maximum Gasteiger partial charge on any atom is 0.419 e. The van der Waals surface area contributed by atoms with Crippen molar-refractivity contribution in [1.82, 2.24) is 4.90 Å². The quantitative estimate of drug-likeness (QED) is 0.838. The van der Waals surface area contributed by atoms with Gasteiger partial charge in [-0.1, -0.05) is 12.1 Å². The van der Waals surface area contributed by atoms with Gasteiger partial charge in [-0.15, -0.1) is 0 Å². The van der Waals surface area contributed by atoms with Crippen molar-refractivity contribution < 1.29 is 22.7 Å². The van der Waals surface area contributed by atoms with Crippen LogP contribution in [0.1, 0.15) is 25.8 Å². The second-order valence-corrected chi connectivity index (χ2v) is 4.91. The molecule has 2 unspecified atom stereocenters. The Labute approximate surface area is 127 Å². The number of halogens is 3. The van der Waals surface area contributed by atoms with Crippen LogP contribution < -0.4 is 4.74 Å². The highest BCUT2D eigenvalue weighted by molar-refractivity contribution is 5.81. The summed E-state index contributed by atoms with van der Waals surface area (Å²) >= 11 is 0. The molecule has 0 fully saturated rings. The molecule has 1 aromatic rings. The van der Waals surface area contributed by atoms with E-state index in [1.165, 1.54) is 37.1 Å². The predicted molar refractivity (Wildman–Crippen MR) is 74.0 cm³/mol. The van der Waals surface area contributed by atoms with Crippen LogP contribution in [0.5, 0.6) is 5.75 Å². The van der Waals surface area contributed by atoms with Crippen LogP contribution in [0, 0.1) is 11.3 Å². The van der Waals surface area contributed by atoms with Gasteiger partial charge < -0.3 is 9.64 Å². The lowest BCUT2D eigenvalue weighted by Gasteiger charge is -2.27. The summed E-state index contributed by atoms with van der Waals surface area (Å²) in [4.78, 5) is 13.4. The lowest BCUT2D eigenvalue weighted by Crippen LogP contribution is -2.42. The Morgan fingerprint density at radius 1 is 1.36 bits per heavy atom. The Balaban J connectivity index is 2.88. The smallest absolute Gasteiger partial charge is 0.419 e. The summed E-state index contributed by atoms with van der Waals surface area (Å²) in [6.45, 7) is 3.06. The van der Waals surface area contributed by atoms with E-state index in [2.05, 4.69) is 0 Å². The summed E-state index contributed by atoms with van der Waals surface area (Å²) in [7, 11) is 1.49. The monoisotopic (exact) mass is 314 g/mol. The van der Waals surface area contributed by atoms with E-state index < -0.39 is 29.5 Å². The van der Waals surface area contributed by atoms with Crippen molar-refractivity contribution in [2.45, 2.75) is 38.6 Å². The Kier molecular flexibility index (Phi) is 5.80. The molecule has 22 heavy (non-hydrogen) atoms. The van der Waals surface area contributed by atoms with E-state index in [1.807, 2.05) is 6.07 Å². The first-order valence-corrected chi connectivity index (χ1v) is 6.65. The van der Waals surface area contributed by atoms with Gasteiger partial charge >= 0.3 is 6.18 Å². The highest BCUT2D eigenvalue weighted by Crippen LogP contribution is 2.36. The fourth-order valence-corrected chi connectivity index (χ4v) is 1.82. The van der Waals surface area contributed by atoms with Crippen LogP contribution in [0.15, 0.2) is 24.3 Å². The molecule has 0 aliphatic carbocycles. The van der Waals surface area contributed by atoms with Crippen LogP contribution in [0.2, 0.25) is 0 Å². The molecule has 0 aliphatic heterocycles. The van der Waals surface area contributed by atoms with Crippen molar-refractivity contribution in [2.24, 2.45) is 0 Å². The number of ether oxygens (including phenoxy) is 1. The van der Waals surface area contributed by atoms with Gasteiger partial charge in [-0.2, -0.15) is 18.4 Å². The molecule has 120 valence electrons. The van der Waals surface area contributed by atoms with Gasteiger partial charge in [0.05, 0.1) is 18.1 Å². The molecule has 2 atom stereocenters. The molecule has 0 saturated heterocycles. The minimum absolute atomic E-state index is 0.133. The largest absolute Gasteiger partial charge is 0.480 e. The van der Waals surface area contributed by atoms with Gasteiger partial charge in [0.25, 0.3) is 5.91 Å². The number of para-hydroxylation sites is 1. The Morgan fingerprint density at radius 3 is 2.50 bits per heavy atom. The normalized spacial score (nSPS) is 13.9. The minimum Gasteiger partial charge on any atom is -0.480 e. The molecule has 0 spiro atoms. The zero-order chi connectivity index (χ0) is 16.9. The van der Waals surface area contributed by atoms with Gasteiger partial charge in [0.1, 0.15) is 5.75 Å². The summed E-state index contributed by atoms with van der Waals surface area (Å²) in [5.74, 6) is -0.878. The third kappa shape index (κ3) is 4.38. The number of hydrogen-bond acceptors (Lipinski definition) is 3. The molecule has 0 bridgehead atoms. The van der Waals surface area contributed by atoms with Gasteiger partial charge in [0.15, 0.2) is 6.10 Å². The van der Waals surface area contributed by atoms with E-state index in [0.29, 0.717) is 0 Å². The van der Waals surface area contributed by atoms with E-state index >= 15 is 0 Å². The minimum atomic E-state index is -4.56. The summed E-state index contributed by atoms with van der Waals surface area (Å²) in [5.41, 5.74) is -0.928. The molecule has 1 rings (SSSR count). The molecule has 0 aromatic heterocycles. The third-order valence-electron chi connectivity index (χ3n) is 3.24. The molecule has 7 heteroatoms. The number of likely N-dealkylation sites (N-methyl/N-ethyl adjacent to an activating group) is 1. The first-order chi connectivity index (χ1) is 10.2. The topological polar surface area (TPSA) is 53.3 Å². The predicted octanol–water partition coefficient (Wildman–Crippen LogP) is 3.23. The van der Waals surface area contributed by atoms with E-state index in [-0.39, 0.29) is 12.5 Å². The van der Waals surface area contributed by atoms with E-state index in [1.54, 1.807) is 6.92 Å². The Morgan fingerprint density at radius 2 is 1.95 bits per heavy atom. The number of rotatable bonds is 5. The number of nitriles is 1. The summed E-state index contributed by atoms with van der Waals surface area (Å²) in [6, 6.07) is 6.32. The average Bonchev–Trinajstić information content (AvgIpc) is 2.45. The fraction of sp³-hybridized carbons (Fsp3) is 0.467. The molecule has 4 nitrogen and oxygen atoms in total. The molecule has 0 saturated carbocycles. The SMILES string of the molecule is CC(Oc1ccccc1C(F)(F)F)C(=O)N(C)C(C)CC#N. The standard InChI is InChI=1S/C15H17F3N2O2/c1-10(8-9-19)20(3)14(21)11(2)22-13-7-5-4-6-12(13)15(16,17)18/h4-7,10-11H,8H2,1-3H3. The van der Waals surface area contributed by atoms with Crippen molar-refractivity contribution in [3.05, 3.63) is 29.8 Å². The lowest BCUT2D eigenvalue weighted by molar-refractivity contribution is -0.143. The van der Waals surface area contributed by atoms with Gasteiger partial charge in [0, 0.05) is 13.1 Å². The number of nitrogens with zero attached hydrogens (tertiary/aromatic N) is 2. The molecule has 0 radical (unpaired) electrons. The second-order valence-electron chi connectivity index (χ2n) is 4.91. The lowest BCUT2D eigenvalue weighted by atomic mass is 10.2. The van der Waals surface area contributed by atoms with Crippen molar-refractivity contribution in [1.29, 1.82) is 5.26 Å². The zero-order valence-electron chi connectivity index (χ0n) is 12.5. The summed E-state index contributed by atoms with van der Waals surface area (Å²) in [6.07, 6.45) is -5.51. The molecular weight excluding hydrogens is 297 g/mol. The van der Waals surface area contributed by atoms with Crippen molar-refractivity contribution in [2.75, 3.05) is 7.05 Å². The van der Waals surface area contributed by atoms with Crippen LogP contribution >= 0.6 is 0 Å². The molecule has 1 aromatic carbocycles. The third-order valence-corrected chi connectivity index (χ3v) is 3.24. The van der Waals surface area contributed by atoms with Crippen LogP contribution in [-0.4, -0.2) is 30.0 Å². The summed E-state index contributed by atoms with van der Waals surface area (Å²) in [5, 5.41) is 8.62. The molecule has 0 N–H and O–H groups in total. The zero-order valence-corrected chi connectivity index (χ0v) is 12.5. The number of carbonyl (C=O) groups is 1. The van der Waals surface area contributed by atoms with Crippen LogP contribution in [-0.2, 0) is 11.0 Å². The number of amides is 1. The van der Waals surface area contributed by atoms with Gasteiger partial charge in [-0.05, 0) is 26.0 Å². The Bertz CT molecular complexity index is 567. The van der Waals surface area contributed by atoms with Gasteiger partial charge in [-0.3, -0.25) is 4.79 Å². The highest BCUT2D eigenvalue weighted by Gasteiger charge is 2.35. The number of hydrogen-bond donors (Lipinski definition) is 0. The van der Waals surface area contributed by atoms with Crippen LogP contribution in [0.25, 0.3) is 0 Å². The number of alkyl halides is 3. The van der Waals surface area contributed by atoms with Crippen molar-refractivity contribution in [3.8, 4) is 11.8 Å². The Hall–Kier alpha value is -2.23. The van der Waals surface area contributed by atoms with Crippen LogP contribution in [0.4, 0.5) is 13.2 Å². The molecule has 0 heterocycles. The fourth-order valence-electron chi connectivity index (χ4n) is 1.82. The second kappa shape index (κ2) is 7.16. The molecule has 1 amide bonds. The van der Waals surface area contributed by atoms with Crippen LogP contribution in [0.3, 0.4) is 0 Å². The molecule has 0 aliphatic rings. The van der Waals surface area contributed by atoms with E-state index in [4.69, 9.17) is 10.00 Å². The number of benzene rings is 1. The highest BCUT2D eigenvalue weighted by atomic mass is 19.4. The first kappa shape index (κ1) is 17.8. The molecular formula is C15H17F3N2O2. The first-order valence-electron chi connectivity index (χ1n) is 6.65. The average molecular weight is 314 g/mol. The van der Waals surface area contributed by atoms with Crippen molar-refractivity contribution in [3.63, 3.8) is 0 Å². The summed E-state index contributed by atoms with van der Waals surface area (Å²) < 4.78 is 43.8. The van der Waals surface area contributed by atoms with Gasteiger partial charge in [0.2, 0.25) is 0 Å². The van der Waals surface area contributed by atoms with Gasteiger partial charge in [-0.25, -0.2) is 0 Å². The maximum absolute atomic E-state index is 12.9. The number of carbonyl (C=O) groups excluding carboxylic acids is 1. The van der Waals surface area contributed by atoms with E-state index in [9.17, 15) is 18.0 Å².